The maximum absolute atomic E-state index is 6.34. The molecule has 2 aliphatic carbocycles. The topological polar surface area (TPSA) is 21.3 Å². The monoisotopic (exact) mass is 1120 g/mol. The van der Waals surface area contributed by atoms with E-state index in [9.17, 15) is 0 Å². The molecule has 0 radical (unpaired) electrons. The van der Waals surface area contributed by atoms with Crippen LogP contribution in [0.1, 0.15) is 55.6 Å². The Morgan fingerprint density at radius 2 is 1.11 bits per heavy atom. The van der Waals surface area contributed by atoms with Crippen molar-refractivity contribution in [1.82, 2.24) is 4.57 Å². The number of nitrogens with zero attached hydrogens (tertiary/aromatic N) is 2. The number of furan rings is 1. The fourth-order valence-corrected chi connectivity index (χ4v) is 19.6. The third-order valence-electron chi connectivity index (χ3n) is 17.1. The van der Waals surface area contributed by atoms with Crippen LogP contribution in [0.3, 0.4) is 0 Å². The van der Waals surface area contributed by atoms with Gasteiger partial charge in [0.15, 0.2) is 0 Å². The van der Waals surface area contributed by atoms with Gasteiger partial charge in [0.25, 0.3) is 0 Å². The van der Waals surface area contributed by atoms with Crippen LogP contribution in [0, 0.1) is 13.8 Å². The quantitative estimate of drug-likeness (QED) is 0.160. The Kier molecular flexibility index (Phi) is 9.02. The molecule has 0 N–H and O–H groups in total. The average molecular weight is 1120 g/mol. The van der Waals surface area contributed by atoms with E-state index in [4.69, 9.17) is 4.42 Å². The van der Waals surface area contributed by atoms with Crippen LogP contribution in [0.5, 0.6) is 0 Å². The molecular formula is C70H44N2OSSe2. The molecule has 3 aliphatic rings. The first kappa shape index (κ1) is 43.3. The molecule has 0 atom stereocenters. The van der Waals surface area contributed by atoms with Crippen molar-refractivity contribution < 1.29 is 4.42 Å². The van der Waals surface area contributed by atoms with E-state index in [1.165, 1.54) is 110 Å². The van der Waals surface area contributed by atoms with Crippen molar-refractivity contribution in [3.05, 3.63) is 283 Å². The van der Waals surface area contributed by atoms with Crippen LogP contribution >= 0.6 is 11.3 Å². The van der Waals surface area contributed by atoms with Gasteiger partial charge in [-0.3, -0.25) is 0 Å². The summed E-state index contributed by atoms with van der Waals surface area (Å²) in [6.45, 7) is 4.41. The molecule has 1 aliphatic heterocycles. The summed E-state index contributed by atoms with van der Waals surface area (Å²) in [4.78, 5) is 8.92. The molecule has 6 heterocycles. The molecular weight excluding hydrogens is 1070 g/mol. The average Bonchev–Trinajstić information content (AvgIpc) is 4.32. The molecule has 0 unspecified atom stereocenters. The summed E-state index contributed by atoms with van der Waals surface area (Å²) >= 11 is 2.31. The van der Waals surface area contributed by atoms with Crippen LogP contribution in [0.4, 0.5) is 17.1 Å². The van der Waals surface area contributed by atoms with E-state index in [2.05, 4.69) is 245 Å². The molecule has 0 fully saturated rings. The zero-order valence-electron chi connectivity index (χ0n) is 41.5. The minimum atomic E-state index is -0.567. The van der Waals surface area contributed by atoms with Crippen molar-refractivity contribution in [2.24, 2.45) is 0 Å². The Morgan fingerprint density at radius 1 is 0.447 bits per heavy atom. The number of aromatic nitrogens is 1. The number of aryl methyl sites for hydroxylation is 2. The molecule has 76 heavy (non-hydrogen) atoms. The van der Waals surface area contributed by atoms with E-state index < -0.39 is 10.8 Å². The van der Waals surface area contributed by atoms with Crippen molar-refractivity contribution >= 4 is 101 Å². The van der Waals surface area contributed by atoms with Crippen molar-refractivity contribution in [2.75, 3.05) is 4.90 Å². The van der Waals surface area contributed by atoms with E-state index in [-0.39, 0.29) is 29.0 Å². The Balaban J connectivity index is 0.997. The van der Waals surface area contributed by atoms with Crippen molar-refractivity contribution in [1.29, 1.82) is 0 Å². The van der Waals surface area contributed by atoms with Crippen LogP contribution in [0.15, 0.2) is 232 Å². The second-order valence-corrected chi connectivity index (χ2v) is 25.7. The fraction of sp³-hybridized carbons (Fsp3) is 0.0571. The van der Waals surface area contributed by atoms with Crippen molar-refractivity contribution in [3.63, 3.8) is 0 Å². The maximum atomic E-state index is 6.34. The summed E-state index contributed by atoms with van der Waals surface area (Å²) < 4.78 is 12.0. The SMILES string of the molecule is Cc1ccc(C2(c3ccc(C)cc3)c3ccccc3-c3c2ccc2c3C3(c4ccc(-c5cccs5)cc4N2c2ccc4c(c2)c2ccccc2n4-c2ccc4oc5ccccc5c4c2)c2cc[se]c2-c2[se]ccc23)cc1. The minimum absolute atomic E-state index is 0.249. The van der Waals surface area contributed by atoms with E-state index in [0.717, 1.165) is 33.3 Å². The van der Waals surface area contributed by atoms with Gasteiger partial charge in [-0.05, 0) is 24.3 Å². The van der Waals surface area contributed by atoms with Gasteiger partial charge in [0.1, 0.15) is 11.2 Å². The zero-order valence-corrected chi connectivity index (χ0v) is 45.7. The molecule has 5 aromatic heterocycles. The predicted molar refractivity (Wildman–Crippen MR) is 318 cm³/mol. The molecule has 3 nitrogen and oxygen atoms in total. The first-order chi connectivity index (χ1) is 37.5. The van der Waals surface area contributed by atoms with Gasteiger partial charge < -0.3 is 4.42 Å². The molecule has 0 amide bonds. The summed E-state index contributed by atoms with van der Waals surface area (Å²) in [6.07, 6.45) is 0. The molecule has 14 aromatic rings. The molecule has 0 saturated heterocycles. The number of para-hydroxylation sites is 2. The summed E-state index contributed by atoms with van der Waals surface area (Å²) in [5, 5.41) is 6.89. The first-order valence-corrected chi connectivity index (χ1v) is 30.6. The predicted octanol–water partition coefficient (Wildman–Crippen LogP) is 17.7. The Morgan fingerprint density at radius 3 is 1.87 bits per heavy atom. The number of fused-ring (bicyclic) bond motifs is 19. The molecule has 0 bridgehead atoms. The fourth-order valence-electron chi connectivity index (χ4n) is 14.0. The third-order valence-corrected chi connectivity index (χ3v) is 22.6. The van der Waals surface area contributed by atoms with Gasteiger partial charge in [-0.2, -0.15) is 0 Å². The van der Waals surface area contributed by atoms with E-state index in [0.29, 0.717) is 0 Å². The van der Waals surface area contributed by atoms with Crippen LogP contribution in [0.2, 0.25) is 0 Å². The number of benzene rings is 9. The van der Waals surface area contributed by atoms with Gasteiger partial charge in [-0.25, -0.2) is 0 Å². The van der Waals surface area contributed by atoms with Gasteiger partial charge >= 0.3 is 384 Å². The summed E-state index contributed by atoms with van der Waals surface area (Å²) in [5.41, 5.74) is 25.1. The van der Waals surface area contributed by atoms with Gasteiger partial charge in [-0.15, -0.1) is 0 Å². The molecule has 358 valence electrons. The third kappa shape index (κ3) is 5.57. The molecule has 6 heteroatoms. The molecule has 1 spiro atoms. The van der Waals surface area contributed by atoms with Gasteiger partial charge in [0.2, 0.25) is 0 Å². The Bertz CT molecular complexity index is 4650. The number of thiophene rings is 1. The molecule has 17 rings (SSSR count). The zero-order chi connectivity index (χ0) is 50.0. The standard InChI is InChI=1S/C70H44N2OSSe2/c1-41-17-22-44(23-18-41)69(45-24-19-42(2)20-25-45)53-13-6-3-12-50(53)65-55(69)29-31-60-66(65)70(56-33-36-75-67(56)68-57(70)34-37-76-68)54-28-21-43(64-16-9-35-74-64)38-61(54)72(60)46-26-30-59-51(39-46)48-10-4-7-14-58(48)71(59)47-27-32-63-52(40-47)49-11-5-8-15-62(49)73-63/h3-40H,1-2H3. The molecule has 9 aromatic carbocycles. The van der Waals surface area contributed by atoms with Crippen LogP contribution in [0.25, 0.3) is 79.9 Å². The van der Waals surface area contributed by atoms with Crippen LogP contribution < -0.4 is 4.90 Å². The second-order valence-electron chi connectivity index (χ2n) is 20.9. The van der Waals surface area contributed by atoms with Gasteiger partial charge in [0.05, 0.1) is 0 Å². The van der Waals surface area contributed by atoms with E-state index in [1.54, 1.807) is 8.87 Å². The summed E-state index contributed by atoms with van der Waals surface area (Å²) in [7, 11) is 0. The number of hydrogen-bond donors (Lipinski definition) is 0. The van der Waals surface area contributed by atoms with Gasteiger partial charge in [0, 0.05) is 10.8 Å². The first-order valence-electron chi connectivity index (χ1n) is 26.0. The van der Waals surface area contributed by atoms with Crippen molar-refractivity contribution in [2.45, 2.75) is 24.7 Å². The normalized spacial score (nSPS) is 14.4. The molecule has 0 saturated carbocycles. The van der Waals surface area contributed by atoms with Crippen LogP contribution in [-0.2, 0) is 10.8 Å². The van der Waals surface area contributed by atoms with E-state index in [1.807, 2.05) is 17.4 Å². The van der Waals surface area contributed by atoms with Crippen LogP contribution in [-0.4, -0.2) is 33.6 Å². The van der Waals surface area contributed by atoms with E-state index >= 15 is 0 Å². The number of hydrogen-bond acceptors (Lipinski definition) is 3. The number of rotatable bonds is 5. The summed E-state index contributed by atoms with van der Waals surface area (Å²) in [6, 6.07) is 81.4. The second kappa shape index (κ2) is 15.8. The Hall–Kier alpha value is -7.92. The number of anilines is 3. The Labute approximate surface area is 455 Å². The van der Waals surface area contributed by atoms with Gasteiger partial charge in [-0.1, -0.05) is 24.3 Å². The summed E-state index contributed by atoms with van der Waals surface area (Å²) in [5.74, 6) is 0. The van der Waals surface area contributed by atoms with Crippen molar-refractivity contribution in [3.8, 4) is 36.1 Å².